The summed E-state index contributed by atoms with van der Waals surface area (Å²) in [4.78, 5) is 38.1. The molecule has 1 aliphatic rings. The maximum atomic E-state index is 12.9. The first-order valence-corrected chi connectivity index (χ1v) is 12.1. The number of para-hydroxylation sites is 2. The average Bonchev–Trinajstić information content (AvgIpc) is 3.33. The number of aromatic nitrogens is 3. The molecular weight excluding hydrogens is 468 g/mol. The van der Waals surface area contributed by atoms with Crippen molar-refractivity contribution < 1.29 is 19.4 Å². The first-order chi connectivity index (χ1) is 17.7. The van der Waals surface area contributed by atoms with E-state index >= 15 is 0 Å². The van der Waals surface area contributed by atoms with Crippen LogP contribution in [0.3, 0.4) is 0 Å². The van der Waals surface area contributed by atoms with Crippen molar-refractivity contribution in [3.8, 4) is 11.6 Å². The summed E-state index contributed by atoms with van der Waals surface area (Å²) in [6.07, 6.45) is 3.31. The van der Waals surface area contributed by atoms with E-state index in [4.69, 9.17) is 4.74 Å². The number of fused-ring (bicyclic) bond motifs is 1. The number of rotatable bonds is 5. The average molecular weight is 497 g/mol. The van der Waals surface area contributed by atoms with Crippen molar-refractivity contribution in [3.05, 3.63) is 89.9 Å². The van der Waals surface area contributed by atoms with Crippen LogP contribution < -0.4 is 4.74 Å². The fourth-order valence-electron chi connectivity index (χ4n) is 4.60. The molecule has 2 N–H and O–H groups in total. The number of hydrogen-bond donors (Lipinski definition) is 2. The molecule has 3 heterocycles. The molecule has 2 aromatic carbocycles. The minimum atomic E-state index is -0.921. The van der Waals surface area contributed by atoms with Crippen LogP contribution in [0.4, 0.5) is 4.79 Å². The van der Waals surface area contributed by atoms with Gasteiger partial charge < -0.3 is 19.7 Å². The molecule has 1 amide bonds. The zero-order valence-electron chi connectivity index (χ0n) is 20.9. The third-order valence-electron chi connectivity index (χ3n) is 6.50. The number of ether oxygens (including phenoxy) is 1. The molecule has 4 aromatic rings. The van der Waals surface area contributed by atoms with Gasteiger partial charge in [0.05, 0.1) is 17.1 Å². The highest BCUT2D eigenvalue weighted by atomic mass is 16.5. The number of imidazole rings is 1. The molecule has 1 atom stereocenters. The Kier molecular flexibility index (Phi) is 6.25. The smallest absolute Gasteiger partial charge is 0.407 e. The molecule has 0 saturated heterocycles. The summed E-state index contributed by atoms with van der Waals surface area (Å²) in [6.45, 7) is 6.49. The Bertz CT molecular complexity index is 1470. The number of carbonyl (C=O) groups excluding carboxylic acids is 1. The molecule has 0 aliphatic carbocycles. The number of pyridine rings is 1. The van der Waals surface area contributed by atoms with Gasteiger partial charge in [-0.2, -0.15) is 0 Å². The van der Waals surface area contributed by atoms with E-state index < -0.39 is 6.09 Å². The molecule has 37 heavy (non-hydrogen) atoms. The standard InChI is InChI=1S/C29H28N4O4/c1-29(2,3)24-17-19(14-16-33(24)28(35)36)21-7-6-15-30-27(21)37-20-12-10-18(11-13-20)25(34)26-31-22-8-4-5-9-23(22)32-26/h4-13,15,17,24H,14,16H2,1-3H3,(H,31,32)(H,35,36). The Morgan fingerprint density at radius 3 is 2.51 bits per heavy atom. The van der Waals surface area contributed by atoms with Gasteiger partial charge in [0.25, 0.3) is 0 Å². The number of H-pyrrole nitrogens is 1. The lowest BCUT2D eigenvalue weighted by molar-refractivity contribution is 0.0999. The fourth-order valence-corrected chi connectivity index (χ4v) is 4.60. The van der Waals surface area contributed by atoms with Crippen molar-refractivity contribution in [2.75, 3.05) is 6.54 Å². The predicted octanol–water partition coefficient (Wildman–Crippen LogP) is 6.16. The highest BCUT2D eigenvalue weighted by Crippen LogP contribution is 2.37. The topological polar surface area (TPSA) is 108 Å². The van der Waals surface area contributed by atoms with Gasteiger partial charge in [0.15, 0.2) is 5.82 Å². The summed E-state index contributed by atoms with van der Waals surface area (Å²) in [6, 6.07) is 17.9. The minimum Gasteiger partial charge on any atom is -0.465 e. The molecule has 2 aromatic heterocycles. The lowest BCUT2D eigenvalue weighted by Crippen LogP contribution is -2.48. The summed E-state index contributed by atoms with van der Waals surface area (Å²) < 4.78 is 6.13. The largest absolute Gasteiger partial charge is 0.465 e. The highest BCUT2D eigenvalue weighted by Gasteiger charge is 2.35. The highest BCUT2D eigenvalue weighted by molar-refractivity contribution is 6.08. The van der Waals surface area contributed by atoms with Crippen molar-refractivity contribution in [2.24, 2.45) is 5.41 Å². The first kappa shape index (κ1) is 24.2. The molecule has 0 bridgehead atoms. The predicted molar refractivity (Wildman–Crippen MR) is 141 cm³/mol. The number of amides is 1. The molecule has 8 nitrogen and oxygen atoms in total. The number of aromatic amines is 1. The maximum absolute atomic E-state index is 12.9. The summed E-state index contributed by atoms with van der Waals surface area (Å²) >= 11 is 0. The Hall–Kier alpha value is -4.46. The minimum absolute atomic E-state index is 0.204. The van der Waals surface area contributed by atoms with Gasteiger partial charge in [0, 0.05) is 23.9 Å². The number of ketones is 1. The molecular formula is C29H28N4O4. The number of nitrogens with one attached hydrogen (secondary N) is 1. The van der Waals surface area contributed by atoms with E-state index in [-0.39, 0.29) is 23.1 Å². The molecule has 0 radical (unpaired) electrons. The van der Waals surface area contributed by atoms with E-state index in [9.17, 15) is 14.7 Å². The second-order valence-electron chi connectivity index (χ2n) is 10.1. The van der Waals surface area contributed by atoms with Crippen molar-refractivity contribution in [1.82, 2.24) is 19.9 Å². The van der Waals surface area contributed by atoms with Crippen LogP contribution in [0.5, 0.6) is 11.6 Å². The number of carboxylic acid groups (broad SMARTS) is 1. The molecule has 0 fully saturated rings. The summed E-state index contributed by atoms with van der Waals surface area (Å²) in [5.41, 5.74) is 3.59. The summed E-state index contributed by atoms with van der Waals surface area (Å²) in [5.74, 6) is 1.05. The Morgan fingerprint density at radius 2 is 1.81 bits per heavy atom. The number of carbonyl (C=O) groups is 2. The van der Waals surface area contributed by atoms with Gasteiger partial charge in [-0.05, 0) is 65.9 Å². The van der Waals surface area contributed by atoms with Crippen molar-refractivity contribution in [3.63, 3.8) is 0 Å². The molecule has 1 unspecified atom stereocenters. The molecule has 8 heteroatoms. The molecule has 5 rings (SSSR count). The zero-order valence-corrected chi connectivity index (χ0v) is 20.9. The van der Waals surface area contributed by atoms with Gasteiger partial charge in [-0.1, -0.05) is 39.0 Å². The van der Waals surface area contributed by atoms with E-state index in [1.54, 1.807) is 30.5 Å². The van der Waals surface area contributed by atoms with Gasteiger partial charge in [-0.15, -0.1) is 0 Å². The van der Waals surface area contributed by atoms with Crippen LogP contribution in [0.2, 0.25) is 0 Å². The van der Waals surface area contributed by atoms with Gasteiger partial charge in [-0.3, -0.25) is 4.79 Å². The van der Waals surface area contributed by atoms with Crippen LogP contribution in [-0.2, 0) is 0 Å². The second-order valence-corrected chi connectivity index (χ2v) is 10.1. The lowest BCUT2D eigenvalue weighted by Gasteiger charge is -2.40. The first-order valence-electron chi connectivity index (χ1n) is 12.1. The Morgan fingerprint density at radius 1 is 1.05 bits per heavy atom. The molecule has 188 valence electrons. The fraction of sp³-hybridized carbons (Fsp3) is 0.241. The third-order valence-corrected chi connectivity index (χ3v) is 6.50. The number of nitrogens with zero attached hydrogens (tertiary/aromatic N) is 3. The van der Waals surface area contributed by atoms with Crippen LogP contribution in [0, 0.1) is 5.41 Å². The van der Waals surface area contributed by atoms with Crippen molar-refractivity contribution in [2.45, 2.75) is 33.2 Å². The van der Waals surface area contributed by atoms with E-state index in [0.717, 1.165) is 22.2 Å². The monoisotopic (exact) mass is 496 g/mol. The number of hydrogen-bond acceptors (Lipinski definition) is 5. The normalized spacial score (nSPS) is 15.9. The van der Waals surface area contributed by atoms with Crippen LogP contribution in [-0.4, -0.2) is 49.4 Å². The molecule has 1 aliphatic heterocycles. The van der Waals surface area contributed by atoms with Gasteiger partial charge in [0.2, 0.25) is 11.7 Å². The second kappa shape index (κ2) is 9.54. The van der Waals surface area contributed by atoms with E-state index in [1.807, 2.05) is 63.2 Å². The third kappa shape index (κ3) is 4.95. The molecule has 0 saturated carbocycles. The summed E-state index contributed by atoms with van der Waals surface area (Å²) in [5, 5.41) is 9.68. The van der Waals surface area contributed by atoms with Crippen LogP contribution in [0.15, 0.2) is 72.9 Å². The van der Waals surface area contributed by atoms with Crippen molar-refractivity contribution in [1.29, 1.82) is 0 Å². The van der Waals surface area contributed by atoms with Crippen LogP contribution in [0.25, 0.3) is 16.6 Å². The zero-order chi connectivity index (χ0) is 26.2. The Labute approximate surface area is 214 Å². The summed E-state index contributed by atoms with van der Waals surface area (Å²) in [7, 11) is 0. The molecule has 0 spiro atoms. The lowest BCUT2D eigenvalue weighted by atomic mass is 9.81. The van der Waals surface area contributed by atoms with Crippen LogP contribution >= 0.6 is 0 Å². The van der Waals surface area contributed by atoms with Gasteiger partial charge in [0.1, 0.15) is 5.75 Å². The van der Waals surface area contributed by atoms with Gasteiger partial charge >= 0.3 is 6.09 Å². The van der Waals surface area contributed by atoms with E-state index in [0.29, 0.717) is 30.2 Å². The van der Waals surface area contributed by atoms with Crippen LogP contribution in [0.1, 0.15) is 48.9 Å². The quantitative estimate of drug-likeness (QED) is 0.320. The Balaban J connectivity index is 1.38. The van der Waals surface area contributed by atoms with Gasteiger partial charge in [-0.25, -0.2) is 14.8 Å². The number of benzene rings is 2. The maximum Gasteiger partial charge on any atom is 0.407 e. The van der Waals surface area contributed by atoms with E-state index in [2.05, 4.69) is 15.0 Å². The van der Waals surface area contributed by atoms with E-state index in [1.165, 1.54) is 4.90 Å². The van der Waals surface area contributed by atoms with Crippen molar-refractivity contribution >= 4 is 28.5 Å². The SMILES string of the molecule is CC(C)(C)C1C=C(c2cccnc2Oc2ccc(C(=O)c3nc4ccccc4[nH]3)cc2)CCN1C(=O)O.